The van der Waals surface area contributed by atoms with Crippen LogP contribution in [0.4, 0.5) is 4.79 Å². The molecule has 7 nitrogen and oxygen atoms in total. The number of carbonyl (C=O) groups is 2. The molecule has 7 heteroatoms. The number of rotatable bonds is 11. The van der Waals surface area contributed by atoms with E-state index in [1.807, 2.05) is 30.3 Å². The summed E-state index contributed by atoms with van der Waals surface area (Å²) in [5.74, 6) is -0.155. The van der Waals surface area contributed by atoms with Crippen LogP contribution in [-0.2, 0) is 4.79 Å². The van der Waals surface area contributed by atoms with Crippen LogP contribution < -0.4 is 0 Å². The minimum Gasteiger partial charge on any atom is -0.304 e. The van der Waals surface area contributed by atoms with Crippen molar-refractivity contribution in [2.75, 3.05) is 52.9 Å². The molecule has 3 rings (SSSR count). The number of piperazine rings is 1. The molecule has 0 aliphatic carbocycles. The third kappa shape index (κ3) is 6.92. The number of hydrogen-bond donors (Lipinski definition) is 0. The Hall–Kier alpha value is -2.25. The van der Waals surface area contributed by atoms with E-state index in [0.29, 0.717) is 6.54 Å². The Morgan fingerprint density at radius 3 is 2.20 bits per heavy atom. The van der Waals surface area contributed by atoms with Gasteiger partial charge in [-0.1, -0.05) is 56.0 Å². The second kappa shape index (κ2) is 11.8. The maximum atomic E-state index is 12.4. The van der Waals surface area contributed by atoms with E-state index in [0.717, 1.165) is 24.8 Å². The van der Waals surface area contributed by atoms with Crippen molar-refractivity contribution in [1.29, 1.82) is 0 Å². The van der Waals surface area contributed by atoms with Crippen LogP contribution in [0.5, 0.6) is 0 Å². The zero-order valence-corrected chi connectivity index (χ0v) is 18.2. The van der Waals surface area contributed by atoms with Gasteiger partial charge in [0.1, 0.15) is 6.54 Å². The highest BCUT2D eigenvalue weighted by Gasteiger charge is 2.35. The van der Waals surface area contributed by atoms with E-state index >= 15 is 0 Å². The Morgan fingerprint density at radius 2 is 1.50 bits per heavy atom. The highest BCUT2D eigenvalue weighted by molar-refractivity contribution is 6.02. The van der Waals surface area contributed by atoms with Crippen molar-refractivity contribution in [3.05, 3.63) is 35.9 Å². The van der Waals surface area contributed by atoms with Gasteiger partial charge in [0.2, 0.25) is 0 Å². The molecule has 3 amide bonds. The first-order valence-corrected chi connectivity index (χ1v) is 11.3. The molecule has 0 spiro atoms. The van der Waals surface area contributed by atoms with E-state index in [9.17, 15) is 9.59 Å². The van der Waals surface area contributed by atoms with Gasteiger partial charge in [-0.05, 0) is 32.0 Å². The lowest BCUT2D eigenvalue weighted by Crippen LogP contribution is -2.44. The fourth-order valence-corrected chi connectivity index (χ4v) is 3.90. The molecule has 0 N–H and O–H groups in total. The Kier molecular flexibility index (Phi) is 8.83. The minimum atomic E-state index is -0.306. The van der Waals surface area contributed by atoms with E-state index in [1.54, 1.807) is 6.21 Å². The van der Waals surface area contributed by atoms with Gasteiger partial charge in [-0.3, -0.25) is 9.69 Å². The van der Waals surface area contributed by atoms with Crippen LogP contribution in [0.2, 0.25) is 0 Å². The van der Waals surface area contributed by atoms with Crippen LogP contribution in [0, 0.1) is 0 Å². The largest absolute Gasteiger partial charge is 0.347 e. The lowest BCUT2D eigenvalue weighted by Gasteiger charge is -2.32. The first kappa shape index (κ1) is 22.4. The van der Waals surface area contributed by atoms with Crippen LogP contribution in [-0.4, -0.2) is 90.7 Å². The summed E-state index contributed by atoms with van der Waals surface area (Å²) in [5.41, 5.74) is 0.906. The number of carbonyl (C=O) groups excluding carboxylic acids is 2. The summed E-state index contributed by atoms with van der Waals surface area (Å²) < 4.78 is 0. The standard InChI is InChI=1S/C23H35N5O2/c1-25-15-17-26(18-16-25)13-9-4-2-3-5-10-14-27-22(29)20-28(23(27)30)24-19-21-11-7-6-8-12-21/h6-8,11-12,19H,2-5,9-10,13-18,20H2,1H3/b24-19+. The molecule has 2 heterocycles. The number of amides is 3. The Balaban J connectivity index is 1.25. The first-order valence-electron chi connectivity index (χ1n) is 11.3. The van der Waals surface area contributed by atoms with E-state index < -0.39 is 0 Å². The van der Waals surface area contributed by atoms with Crippen LogP contribution in [0.15, 0.2) is 35.4 Å². The van der Waals surface area contributed by atoms with E-state index in [-0.39, 0.29) is 18.5 Å². The van der Waals surface area contributed by atoms with E-state index in [1.165, 1.54) is 61.9 Å². The van der Waals surface area contributed by atoms with Crippen LogP contribution in [0.1, 0.15) is 44.1 Å². The van der Waals surface area contributed by atoms with Crippen molar-refractivity contribution in [3.8, 4) is 0 Å². The molecular formula is C23H35N5O2. The number of benzene rings is 1. The van der Waals surface area contributed by atoms with Gasteiger partial charge in [-0.15, -0.1) is 0 Å². The highest BCUT2D eigenvalue weighted by Crippen LogP contribution is 2.14. The van der Waals surface area contributed by atoms with Crippen LogP contribution in [0.25, 0.3) is 0 Å². The molecule has 0 unspecified atom stereocenters. The molecule has 164 valence electrons. The van der Waals surface area contributed by atoms with E-state index in [4.69, 9.17) is 0 Å². The molecule has 1 aromatic carbocycles. The molecule has 1 aromatic rings. The van der Waals surface area contributed by atoms with E-state index in [2.05, 4.69) is 21.9 Å². The van der Waals surface area contributed by atoms with Crippen LogP contribution in [0.3, 0.4) is 0 Å². The average molecular weight is 414 g/mol. The zero-order valence-electron chi connectivity index (χ0n) is 18.2. The summed E-state index contributed by atoms with van der Waals surface area (Å²) in [6.07, 6.45) is 8.46. The second-order valence-electron chi connectivity index (χ2n) is 8.31. The molecule has 0 aromatic heterocycles. The zero-order chi connectivity index (χ0) is 21.2. The summed E-state index contributed by atoms with van der Waals surface area (Å²) in [5, 5.41) is 5.44. The number of likely N-dealkylation sites (N-methyl/N-ethyl adjacent to an activating group) is 1. The number of hydrazone groups is 1. The van der Waals surface area contributed by atoms with Crippen molar-refractivity contribution in [2.24, 2.45) is 5.10 Å². The SMILES string of the molecule is CN1CCN(CCCCCCCCN2C(=O)CN(/N=C/c3ccccc3)C2=O)CC1. The lowest BCUT2D eigenvalue weighted by molar-refractivity contribution is -0.125. The molecule has 2 fully saturated rings. The maximum Gasteiger partial charge on any atom is 0.347 e. The third-order valence-corrected chi connectivity index (χ3v) is 5.89. The summed E-state index contributed by atoms with van der Waals surface area (Å²) in [4.78, 5) is 30.9. The molecule has 2 aliphatic heterocycles. The predicted octanol–water partition coefficient (Wildman–Crippen LogP) is 2.87. The molecular weight excluding hydrogens is 378 g/mol. The summed E-state index contributed by atoms with van der Waals surface area (Å²) >= 11 is 0. The smallest absolute Gasteiger partial charge is 0.304 e. The molecule has 0 bridgehead atoms. The first-order chi connectivity index (χ1) is 14.6. The Morgan fingerprint density at radius 1 is 0.867 bits per heavy atom. The Labute approximate surface area is 180 Å². The maximum absolute atomic E-state index is 12.4. The van der Waals surface area contributed by atoms with Crippen molar-refractivity contribution >= 4 is 18.2 Å². The molecule has 0 atom stereocenters. The van der Waals surface area contributed by atoms with Gasteiger partial charge in [0, 0.05) is 32.7 Å². The molecule has 2 aliphatic rings. The van der Waals surface area contributed by atoms with Crippen molar-refractivity contribution in [3.63, 3.8) is 0 Å². The fraction of sp³-hybridized carbons (Fsp3) is 0.609. The predicted molar refractivity (Wildman–Crippen MR) is 119 cm³/mol. The number of urea groups is 1. The summed E-state index contributed by atoms with van der Waals surface area (Å²) in [7, 11) is 2.19. The molecule has 0 radical (unpaired) electrons. The highest BCUT2D eigenvalue weighted by atomic mass is 16.2. The lowest BCUT2D eigenvalue weighted by atomic mass is 10.1. The monoisotopic (exact) mass is 413 g/mol. The third-order valence-electron chi connectivity index (χ3n) is 5.89. The van der Waals surface area contributed by atoms with Crippen molar-refractivity contribution in [2.45, 2.75) is 38.5 Å². The summed E-state index contributed by atoms with van der Waals surface area (Å²) in [6, 6.07) is 9.27. The van der Waals surface area contributed by atoms with Gasteiger partial charge in [-0.25, -0.2) is 9.80 Å². The number of hydrogen-bond acceptors (Lipinski definition) is 5. The van der Waals surface area contributed by atoms with Gasteiger partial charge in [-0.2, -0.15) is 5.10 Å². The van der Waals surface area contributed by atoms with Gasteiger partial charge in [0.05, 0.1) is 6.21 Å². The van der Waals surface area contributed by atoms with Crippen LogP contribution >= 0.6 is 0 Å². The van der Waals surface area contributed by atoms with Gasteiger partial charge < -0.3 is 9.80 Å². The topological polar surface area (TPSA) is 59.5 Å². The van der Waals surface area contributed by atoms with Crippen molar-refractivity contribution in [1.82, 2.24) is 19.7 Å². The molecule has 0 saturated carbocycles. The fourth-order valence-electron chi connectivity index (χ4n) is 3.90. The Bertz CT molecular complexity index is 701. The summed E-state index contributed by atoms with van der Waals surface area (Å²) in [6.45, 7) is 6.50. The molecule has 30 heavy (non-hydrogen) atoms. The number of nitrogens with zero attached hydrogens (tertiary/aromatic N) is 5. The molecule has 2 saturated heterocycles. The number of unbranched alkanes of at least 4 members (excludes halogenated alkanes) is 5. The van der Waals surface area contributed by atoms with Gasteiger partial charge >= 0.3 is 6.03 Å². The minimum absolute atomic E-state index is 0.0362. The van der Waals surface area contributed by atoms with Gasteiger partial charge in [0.15, 0.2) is 0 Å². The van der Waals surface area contributed by atoms with Crippen molar-refractivity contribution < 1.29 is 9.59 Å². The second-order valence-corrected chi connectivity index (χ2v) is 8.31. The average Bonchev–Trinajstić information content (AvgIpc) is 3.03. The van der Waals surface area contributed by atoms with Gasteiger partial charge in [0.25, 0.3) is 5.91 Å². The number of imide groups is 1. The normalized spacial score (nSPS) is 18.8. The quantitative estimate of drug-likeness (QED) is 0.318.